The molecule has 21 heavy (non-hydrogen) atoms. The Balaban J connectivity index is 1.89. The number of carbonyl (C=O) groups excluding carboxylic acids is 1. The van der Waals surface area contributed by atoms with Crippen LogP contribution in [0.25, 0.3) is 10.1 Å². The molecule has 1 aromatic heterocycles. The summed E-state index contributed by atoms with van der Waals surface area (Å²) < 4.78 is 14.8. The number of rotatable bonds is 2. The van der Waals surface area contributed by atoms with Crippen molar-refractivity contribution in [3.63, 3.8) is 0 Å². The molecule has 1 aliphatic rings. The van der Waals surface area contributed by atoms with Crippen molar-refractivity contribution in [1.29, 1.82) is 0 Å². The van der Waals surface area contributed by atoms with Gasteiger partial charge in [-0.2, -0.15) is 0 Å². The number of nitrogens with one attached hydrogen (secondary N) is 1. The Morgan fingerprint density at radius 2 is 2.10 bits per heavy atom. The lowest BCUT2D eigenvalue weighted by Gasteiger charge is -2.31. The van der Waals surface area contributed by atoms with Crippen molar-refractivity contribution < 1.29 is 9.18 Å². The van der Waals surface area contributed by atoms with Crippen molar-refractivity contribution in [3.8, 4) is 0 Å². The van der Waals surface area contributed by atoms with E-state index in [4.69, 9.17) is 0 Å². The largest absolute Gasteiger partial charge is 0.338 e. The van der Waals surface area contributed by atoms with Crippen LogP contribution in [0.5, 0.6) is 0 Å². The SMILES string of the molecule is CNC1CCN(C(=O)c2sc3cccc(F)c3c2C)CC1. The first-order chi connectivity index (χ1) is 10.1. The lowest BCUT2D eigenvalue weighted by Crippen LogP contribution is -2.43. The highest BCUT2D eigenvalue weighted by atomic mass is 32.1. The Morgan fingerprint density at radius 1 is 1.38 bits per heavy atom. The minimum absolute atomic E-state index is 0.0441. The average molecular weight is 306 g/mol. The van der Waals surface area contributed by atoms with Crippen molar-refractivity contribution in [2.75, 3.05) is 20.1 Å². The molecule has 0 radical (unpaired) electrons. The van der Waals surface area contributed by atoms with Gasteiger partial charge in [-0.05, 0) is 44.5 Å². The first-order valence-corrected chi connectivity index (χ1v) is 8.07. The third kappa shape index (κ3) is 2.56. The van der Waals surface area contributed by atoms with E-state index < -0.39 is 0 Å². The number of likely N-dealkylation sites (tertiary alicyclic amines) is 1. The molecule has 1 saturated heterocycles. The van der Waals surface area contributed by atoms with Crippen molar-refractivity contribution in [2.24, 2.45) is 0 Å². The Hall–Kier alpha value is -1.46. The zero-order valence-electron chi connectivity index (χ0n) is 12.3. The minimum Gasteiger partial charge on any atom is -0.338 e. The molecular weight excluding hydrogens is 287 g/mol. The summed E-state index contributed by atoms with van der Waals surface area (Å²) in [6.45, 7) is 3.37. The second kappa shape index (κ2) is 5.73. The van der Waals surface area contributed by atoms with Crippen LogP contribution in [0.15, 0.2) is 18.2 Å². The maximum absolute atomic E-state index is 13.9. The van der Waals surface area contributed by atoms with Gasteiger partial charge in [-0.1, -0.05) is 6.07 Å². The van der Waals surface area contributed by atoms with E-state index in [9.17, 15) is 9.18 Å². The Labute approximate surface area is 127 Å². The number of nitrogens with zero attached hydrogens (tertiary/aromatic N) is 1. The van der Waals surface area contributed by atoms with Crippen LogP contribution in [-0.2, 0) is 0 Å². The molecule has 0 saturated carbocycles. The average Bonchev–Trinajstić information content (AvgIpc) is 2.85. The number of fused-ring (bicyclic) bond motifs is 1. The summed E-state index contributed by atoms with van der Waals surface area (Å²) in [6, 6.07) is 5.52. The van der Waals surface area contributed by atoms with Crippen LogP contribution in [0.2, 0.25) is 0 Å². The minimum atomic E-state index is -0.241. The fourth-order valence-corrected chi connectivity index (χ4v) is 4.16. The number of benzene rings is 1. The van der Waals surface area contributed by atoms with Gasteiger partial charge < -0.3 is 10.2 Å². The van der Waals surface area contributed by atoms with Crippen molar-refractivity contribution in [3.05, 3.63) is 34.5 Å². The lowest BCUT2D eigenvalue weighted by molar-refractivity contribution is 0.0711. The van der Waals surface area contributed by atoms with Crippen molar-refractivity contribution in [1.82, 2.24) is 10.2 Å². The molecule has 1 N–H and O–H groups in total. The van der Waals surface area contributed by atoms with Crippen LogP contribution in [0.1, 0.15) is 28.1 Å². The van der Waals surface area contributed by atoms with Gasteiger partial charge in [-0.3, -0.25) is 4.79 Å². The van der Waals surface area contributed by atoms with Gasteiger partial charge in [0, 0.05) is 29.2 Å². The van der Waals surface area contributed by atoms with Gasteiger partial charge in [0.05, 0.1) is 4.88 Å². The highest BCUT2D eigenvalue weighted by Crippen LogP contribution is 2.33. The molecule has 112 valence electrons. The molecule has 2 aromatic rings. The highest BCUT2D eigenvalue weighted by molar-refractivity contribution is 7.21. The Kier molecular flexibility index (Phi) is 3.95. The predicted molar refractivity (Wildman–Crippen MR) is 84.5 cm³/mol. The fraction of sp³-hybridized carbons (Fsp3) is 0.438. The standard InChI is InChI=1S/C16H19FN2OS/c1-10-14-12(17)4-3-5-13(14)21-15(10)16(20)19-8-6-11(18-2)7-9-19/h3-5,11,18H,6-9H2,1-2H3. The molecule has 3 rings (SSSR count). The highest BCUT2D eigenvalue weighted by Gasteiger charge is 2.26. The third-order valence-corrected chi connectivity index (χ3v) is 5.53. The van der Waals surface area contributed by atoms with Crippen molar-refractivity contribution in [2.45, 2.75) is 25.8 Å². The number of aryl methyl sites for hydroxylation is 1. The summed E-state index contributed by atoms with van der Waals surface area (Å²) >= 11 is 1.40. The molecule has 0 atom stereocenters. The third-order valence-electron chi connectivity index (χ3n) is 4.29. The smallest absolute Gasteiger partial charge is 0.264 e. The molecule has 0 unspecified atom stereocenters. The van der Waals surface area contributed by atoms with Crippen LogP contribution >= 0.6 is 11.3 Å². The topological polar surface area (TPSA) is 32.3 Å². The zero-order chi connectivity index (χ0) is 15.0. The van der Waals surface area contributed by atoms with E-state index in [1.54, 1.807) is 6.07 Å². The molecule has 0 bridgehead atoms. The summed E-state index contributed by atoms with van der Waals surface area (Å²) in [7, 11) is 1.96. The number of hydrogen-bond acceptors (Lipinski definition) is 3. The quantitative estimate of drug-likeness (QED) is 0.924. The van der Waals surface area contributed by atoms with Gasteiger partial charge in [-0.25, -0.2) is 4.39 Å². The van der Waals surface area contributed by atoms with Gasteiger partial charge in [0.1, 0.15) is 5.82 Å². The molecular formula is C16H19FN2OS. The molecule has 0 spiro atoms. The molecule has 1 fully saturated rings. The molecule has 0 aliphatic carbocycles. The normalized spacial score (nSPS) is 16.6. The number of carbonyl (C=O) groups is 1. The summed E-state index contributed by atoms with van der Waals surface area (Å²) in [5, 5.41) is 3.85. The van der Waals surface area contributed by atoms with Gasteiger partial charge >= 0.3 is 0 Å². The van der Waals surface area contributed by atoms with E-state index in [2.05, 4.69) is 5.32 Å². The van der Waals surface area contributed by atoms with E-state index in [0.717, 1.165) is 36.2 Å². The second-order valence-electron chi connectivity index (χ2n) is 5.52. The number of hydrogen-bond donors (Lipinski definition) is 1. The first-order valence-electron chi connectivity index (χ1n) is 7.26. The van der Waals surface area contributed by atoms with E-state index in [0.29, 0.717) is 16.3 Å². The van der Waals surface area contributed by atoms with E-state index in [1.165, 1.54) is 17.4 Å². The Morgan fingerprint density at radius 3 is 2.71 bits per heavy atom. The number of thiophene rings is 1. The monoisotopic (exact) mass is 306 g/mol. The van der Waals surface area contributed by atoms with Gasteiger partial charge in [-0.15, -0.1) is 11.3 Å². The number of amides is 1. The van der Waals surface area contributed by atoms with Gasteiger partial charge in [0.25, 0.3) is 5.91 Å². The van der Waals surface area contributed by atoms with Crippen molar-refractivity contribution >= 4 is 27.3 Å². The maximum atomic E-state index is 13.9. The van der Waals surface area contributed by atoms with E-state index in [1.807, 2.05) is 24.9 Å². The molecule has 3 nitrogen and oxygen atoms in total. The molecule has 5 heteroatoms. The molecule has 1 aliphatic heterocycles. The summed E-state index contributed by atoms with van der Waals surface area (Å²) in [4.78, 5) is 15.3. The fourth-order valence-electron chi connectivity index (χ4n) is 2.97. The van der Waals surface area contributed by atoms with Crippen LogP contribution in [-0.4, -0.2) is 37.0 Å². The number of halogens is 1. The van der Waals surface area contributed by atoms with Crippen LogP contribution in [0, 0.1) is 12.7 Å². The van der Waals surface area contributed by atoms with Crippen LogP contribution in [0.4, 0.5) is 4.39 Å². The zero-order valence-corrected chi connectivity index (χ0v) is 13.1. The van der Waals surface area contributed by atoms with Gasteiger partial charge in [0.2, 0.25) is 0 Å². The lowest BCUT2D eigenvalue weighted by atomic mass is 10.0. The molecule has 2 heterocycles. The van der Waals surface area contributed by atoms with E-state index >= 15 is 0 Å². The molecule has 1 aromatic carbocycles. The van der Waals surface area contributed by atoms with Crippen LogP contribution < -0.4 is 5.32 Å². The Bertz CT molecular complexity index is 674. The van der Waals surface area contributed by atoms with E-state index in [-0.39, 0.29) is 11.7 Å². The predicted octanol–water partition coefficient (Wildman–Crippen LogP) is 3.17. The maximum Gasteiger partial charge on any atom is 0.264 e. The summed E-state index contributed by atoms with van der Waals surface area (Å²) in [6.07, 6.45) is 1.95. The number of piperidine rings is 1. The summed E-state index contributed by atoms with van der Waals surface area (Å²) in [5.74, 6) is -0.197. The van der Waals surface area contributed by atoms with Gasteiger partial charge in [0.15, 0.2) is 0 Å². The second-order valence-corrected chi connectivity index (χ2v) is 6.58. The molecule has 1 amide bonds. The first kappa shape index (κ1) is 14.5. The van der Waals surface area contributed by atoms with Crippen LogP contribution in [0.3, 0.4) is 0 Å². The summed E-state index contributed by atoms with van der Waals surface area (Å²) in [5.41, 5.74) is 0.772.